The molecule has 0 radical (unpaired) electrons. The molecule has 4 heteroatoms. The van der Waals surface area contributed by atoms with Crippen molar-refractivity contribution in [1.82, 2.24) is 0 Å². The van der Waals surface area contributed by atoms with Gasteiger partial charge < -0.3 is 5.73 Å². The highest BCUT2D eigenvalue weighted by Gasteiger charge is 2.19. The van der Waals surface area contributed by atoms with Crippen LogP contribution in [-0.4, -0.2) is 10.8 Å². The van der Waals surface area contributed by atoms with Gasteiger partial charge in [-0.2, -0.15) is 0 Å². The van der Waals surface area contributed by atoms with E-state index in [1.807, 2.05) is 42.5 Å². The Morgan fingerprint density at radius 1 is 1.11 bits per heavy atom. The van der Waals surface area contributed by atoms with Gasteiger partial charge >= 0.3 is 0 Å². The third kappa shape index (κ3) is 3.66. The molecule has 2 rings (SSSR count). The zero-order chi connectivity index (χ0) is 13.7. The monoisotopic (exact) mass is 293 g/mol. The second kappa shape index (κ2) is 6.85. The van der Waals surface area contributed by atoms with Gasteiger partial charge in [-0.15, -0.1) is 0 Å². The summed E-state index contributed by atoms with van der Waals surface area (Å²) in [4.78, 5) is 0.745. The number of nitrogens with two attached hydrogens (primary N) is 1. The molecule has 2 aromatic carbocycles. The molecular formula is C15H16ClNOS. The lowest BCUT2D eigenvalue weighted by Crippen LogP contribution is -2.12. The second-order valence-electron chi connectivity index (χ2n) is 4.23. The van der Waals surface area contributed by atoms with Crippen molar-refractivity contribution in [1.29, 1.82) is 0 Å². The van der Waals surface area contributed by atoms with E-state index in [1.165, 1.54) is 0 Å². The van der Waals surface area contributed by atoms with Gasteiger partial charge in [-0.3, -0.25) is 4.21 Å². The average Bonchev–Trinajstić information content (AvgIpc) is 2.45. The Kier molecular flexibility index (Phi) is 5.14. The highest BCUT2D eigenvalue weighted by atomic mass is 35.5. The molecule has 2 nitrogen and oxygen atoms in total. The lowest BCUT2D eigenvalue weighted by Gasteiger charge is -2.16. The summed E-state index contributed by atoms with van der Waals surface area (Å²) in [6, 6.07) is 17.0. The molecule has 0 fully saturated rings. The summed E-state index contributed by atoms with van der Waals surface area (Å²) < 4.78 is 12.7. The molecule has 2 atom stereocenters. The molecule has 0 saturated heterocycles. The van der Waals surface area contributed by atoms with Crippen molar-refractivity contribution >= 4 is 22.4 Å². The number of benzene rings is 2. The average molecular weight is 294 g/mol. The van der Waals surface area contributed by atoms with Gasteiger partial charge in [0.2, 0.25) is 0 Å². The minimum absolute atomic E-state index is 0.0929. The third-order valence-corrected chi connectivity index (χ3v) is 4.87. The molecule has 2 aromatic rings. The standard InChI is InChI=1S/C15H16ClNOS/c16-13-7-4-8-14(11-13)19(18)15(9-10-17)12-5-2-1-3-6-12/h1-8,11,15H,9-10,17H2. The fourth-order valence-electron chi connectivity index (χ4n) is 1.97. The van der Waals surface area contributed by atoms with Crippen LogP contribution in [0.4, 0.5) is 0 Å². The maximum absolute atomic E-state index is 12.7. The molecule has 0 saturated carbocycles. The van der Waals surface area contributed by atoms with Crippen molar-refractivity contribution in [2.75, 3.05) is 6.54 Å². The lowest BCUT2D eigenvalue weighted by atomic mass is 10.1. The van der Waals surface area contributed by atoms with Crippen LogP contribution in [0.15, 0.2) is 59.5 Å². The zero-order valence-electron chi connectivity index (χ0n) is 10.5. The normalized spacial score (nSPS) is 14.0. The SMILES string of the molecule is NCCC(c1ccccc1)S(=O)c1cccc(Cl)c1. The fourth-order valence-corrected chi connectivity index (χ4v) is 3.77. The highest BCUT2D eigenvalue weighted by Crippen LogP contribution is 2.28. The molecule has 2 N–H and O–H groups in total. The molecule has 0 bridgehead atoms. The molecule has 100 valence electrons. The maximum atomic E-state index is 12.7. The first-order valence-corrected chi connectivity index (χ1v) is 7.72. The Labute approximate surface area is 121 Å². The Balaban J connectivity index is 2.32. The van der Waals surface area contributed by atoms with E-state index in [9.17, 15) is 4.21 Å². The highest BCUT2D eigenvalue weighted by molar-refractivity contribution is 7.85. The van der Waals surface area contributed by atoms with Gasteiger partial charge in [-0.05, 0) is 36.7 Å². The van der Waals surface area contributed by atoms with Gasteiger partial charge in [0.25, 0.3) is 0 Å². The van der Waals surface area contributed by atoms with Crippen molar-refractivity contribution < 1.29 is 4.21 Å². The smallest absolute Gasteiger partial charge is 0.0655 e. The number of hydrogen-bond acceptors (Lipinski definition) is 2. The van der Waals surface area contributed by atoms with Crippen molar-refractivity contribution in [2.24, 2.45) is 5.73 Å². The van der Waals surface area contributed by atoms with Crippen LogP contribution in [0.2, 0.25) is 5.02 Å². The van der Waals surface area contributed by atoms with Gasteiger partial charge in [0.05, 0.1) is 16.0 Å². The molecule has 0 spiro atoms. The van der Waals surface area contributed by atoms with Gasteiger partial charge in [0, 0.05) is 9.92 Å². The van der Waals surface area contributed by atoms with Crippen LogP contribution in [0, 0.1) is 0 Å². The van der Waals surface area contributed by atoms with E-state index in [-0.39, 0.29) is 5.25 Å². The van der Waals surface area contributed by atoms with Crippen molar-refractivity contribution in [3.05, 3.63) is 65.2 Å². The lowest BCUT2D eigenvalue weighted by molar-refractivity contribution is 0.664. The van der Waals surface area contributed by atoms with Crippen LogP contribution in [0.3, 0.4) is 0 Å². The largest absolute Gasteiger partial charge is 0.330 e. The molecule has 2 unspecified atom stereocenters. The molecule has 19 heavy (non-hydrogen) atoms. The molecular weight excluding hydrogens is 278 g/mol. The minimum Gasteiger partial charge on any atom is -0.330 e. The van der Waals surface area contributed by atoms with E-state index < -0.39 is 10.8 Å². The van der Waals surface area contributed by atoms with Crippen LogP contribution in [-0.2, 0) is 10.8 Å². The Morgan fingerprint density at radius 2 is 1.84 bits per heavy atom. The van der Waals surface area contributed by atoms with E-state index in [1.54, 1.807) is 12.1 Å². The van der Waals surface area contributed by atoms with E-state index >= 15 is 0 Å². The third-order valence-electron chi connectivity index (χ3n) is 2.89. The van der Waals surface area contributed by atoms with Gasteiger partial charge in [0.15, 0.2) is 0 Å². The molecule has 0 amide bonds. The summed E-state index contributed by atoms with van der Waals surface area (Å²) in [5, 5.41) is 0.509. The summed E-state index contributed by atoms with van der Waals surface area (Å²) >= 11 is 5.96. The topological polar surface area (TPSA) is 43.1 Å². The maximum Gasteiger partial charge on any atom is 0.0655 e. The Morgan fingerprint density at radius 3 is 2.47 bits per heavy atom. The molecule has 0 heterocycles. The molecule has 0 aliphatic carbocycles. The number of hydrogen-bond donors (Lipinski definition) is 1. The number of halogens is 1. The van der Waals surface area contributed by atoms with Crippen LogP contribution >= 0.6 is 11.6 Å². The van der Waals surface area contributed by atoms with Crippen molar-refractivity contribution in [2.45, 2.75) is 16.6 Å². The minimum atomic E-state index is -1.15. The molecule has 0 aliphatic rings. The van der Waals surface area contributed by atoms with Gasteiger partial charge in [0.1, 0.15) is 0 Å². The summed E-state index contributed by atoms with van der Waals surface area (Å²) in [5.41, 5.74) is 6.70. The van der Waals surface area contributed by atoms with E-state index in [0.29, 0.717) is 18.0 Å². The summed E-state index contributed by atoms with van der Waals surface area (Å²) in [6.07, 6.45) is 0.684. The zero-order valence-corrected chi connectivity index (χ0v) is 12.0. The second-order valence-corrected chi connectivity index (χ2v) is 6.30. The summed E-state index contributed by atoms with van der Waals surface area (Å²) in [6.45, 7) is 0.506. The van der Waals surface area contributed by atoms with Crippen LogP contribution in [0.1, 0.15) is 17.2 Å². The summed E-state index contributed by atoms with van der Waals surface area (Å²) in [5.74, 6) is 0. The first-order valence-electron chi connectivity index (χ1n) is 6.13. The quantitative estimate of drug-likeness (QED) is 0.916. The predicted molar refractivity (Wildman–Crippen MR) is 80.7 cm³/mol. The number of rotatable bonds is 5. The first kappa shape index (κ1) is 14.3. The first-order chi connectivity index (χ1) is 9.22. The predicted octanol–water partition coefficient (Wildman–Crippen LogP) is 3.54. The van der Waals surface area contributed by atoms with Crippen molar-refractivity contribution in [3.8, 4) is 0 Å². The van der Waals surface area contributed by atoms with Crippen LogP contribution in [0.25, 0.3) is 0 Å². The van der Waals surface area contributed by atoms with Gasteiger partial charge in [-0.1, -0.05) is 48.0 Å². The Bertz CT molecular complexity index is 559. The van der Waals surface area contributed by atoms with Gasteiger partial charge in [-0.25, -0.2) is 0 Å². The van der Waals surface area contributed by atoms with Crippen LogP contribution < -0.4 is 5.73 Å². The van der Waals surface area contributed by atoms with E-state index in [2.05, 4.69) is 0 Å². The summed E-state index contributed by atoms with van der Waals surface area (Å²) in [7, 11) is -1.15. The fraction of sp³-hybridized carbons (Fsp3) is 0.200. The molecule has 0 aromatic heterocycles. The van der Waals surface area contributed by atoms with E-state index in [4.69, 9.17) is 17.3 Å². The van der Waals surface area contributed by atoms with Crippen molar-refractivity contribution in [3.63, 3.8) is 0 Å². The van der Waals surface area contributed by atoms with Crippen LogP contribution in [0.5, 0.6) is 0 Å². The Hall–Kier alpha value is -1.16. The van der Waals surface area contributed by atoms with E-state index in [0.717, 1.165) is 10.5 Å². The molecule has 0 aliphatic heterocycles.